The van der Waals surface area contributed by atoms with Crippen LogP contribution in [-0.4, -0.2) is 35.5 Å². The SMILES string of the molecule is Cc1ccc(-c2csc3c(=O)[nH]c(N4CCC[C@@H](C(=O)NCCC5=CCCCC5)C4)nc23)cc1. The van der Waals surface area contributed by atoms with Crippen LogP contribution in [0.2, 0.25) is 0 Å². The number of benzene rings is 1. The third-order valence-electron chi connectivity index (χ3n) is 7.00. The number of aryl methyl sites for hydroxylation is 1. The van der Waals surface area contributed by atoms with Crippen molar-refractivity contribution in [3.63, 3.8) is 0 Å². The number of nitrogens with zero attached hydrogens (tertiary/aromatic N) is 2. The van der Waals surface area contributed by atoms with Gasteiger partial charge < -0.3 is 10.2 Å². The fourth-order valence-electron chi connectivity index (χ4n) is 5.01. The Morgan fingerprint density at radius 1 is 1.24 bits per heavy atom. The number of rotatable bonds is 6. The normalized spacial score (nSPS) is 18.7. The lowest BCUT2D eigenvalue weighted by Crippen LogP contribution is -2.44. The van der Waals surface area contributed by atoms with E-state index in [9.17, 15) is 9.59 Å². The highest BCUT2D eigenvalue weighted by molar-refractivity contribution is 7.17. The summed E-state index contributed by atoms with van der Waals surface area (Å²) in [5, 5.41) is 5.16. The molecule has 1 atom stereocenters. The van der Waals surface area contributed by atoms with Gasteiger partial charge in [-0.25, -0.2) is 4.98 Å². The molecule has 2 aliphatic rings. The van der Waals surface area contributed by atoms with Gasteiger partial charge in [0.2, 0.25) is 11.9 Å². The second kappa shape index (κ2) is 10.1. The van der Waals surface area contributed by atoms with Crippen molar-refractivity contribution in [2.45, 2.75) is 51.9 Å². The molecule has 1 aliphatic heterocycles. The van der Waals surface area contributed by atoms with Gasteiger partial charge >= 0.3 is 0 Å². The monoisotopic (exact) mass is 476 g/mol. The Morgan fingerprint density at radius 2 is 2.09 bits per heavy atom. The quantitative estimate of drug-likeness (QED) is 0.481. The standard InChI is InChI=1S/C27H32N4O2S/c1-18-9-11-20(12-10-18)22-17-34-24-23(22)29-27(30-26(24)33)31-15-5-8-21(16-31)25(32)28-14-13-19-6-3-2-4-7-19/h6,9-12,17,21H,2-5,7-8,13-16H2,1H3,(H,28,32)(H,29,30,33)/t21-/m1/s1. The Morgan fingerprint density at radius 3 is 2.88 bits per heavy atom. The molecular formula is C27H32N4O2S. The van der Waals surface area contributed by atoms with Crippen LogP contribution in [0.3, 0.4) is 0 Å². The summed E-state index contributed by atoms with van der Waals surface area (Å²) in [6, 6.07) is 8.30. The van der Waals surface area contributed by atoms with E-state index >= 15 is 0 Å². The van der Waals surface area contributed by atoms with Crippen LogP contribution in [0.1, 0.15) is 50.5 Å². The van der Waals surface area contributed by atoms with Crippen molar-refractivity contribution in [1.29, 1.82) is 0 Å². The third-order valence-corrected chi connectivity index (χ3v) is 7.97. The Balaban J connectivity index is 1.30. The van der Waals surface area contributed by atoms with Crippen molar-refractivity contribution in [2.24, 2.45) is 5.92 Å². The topological polar surface area (TPSA) is 78.1 Å². The molecule has 0 unspecified atom stereocenters. The van der Waals surface area contributed by atoms with Crippen LogP contribution in [0.5, 0.6) is 0 Å². The summed E-state index contributed by atoms with van der Waals surface area (Å²) in [5.41, 5.74) is 5.34. The van der Waals surface area contributed by atoms with E-state index < -0.39 is 0 Å². The molecule has 1 amide bonds. The molecule has 6 nitrogen and oxygen atoms in total. The molecule has 0 spiro atoms. The minimum atomic E-state index is -0.115. The van der Waals surface area contributed by atoms with E-state index in [1.807, 2.05) is 5.38 Å². The first-order valence-electron chi connectivity index (χ1n) is 12.4. The highest BCUT2D eigenvalue weighted by atomic mass is 32.1. The van der Waals surface area contributed by atoms with Gasteiger partial charge in [0.05, 0.1) is 11.4 Å². The van der Waals surface area contributed by atoms with Crippen molar-refractivity contribution in [1.82, 2.24) is 15.3 Å². The first-order chi connectivity index (χ1) is 16.6. The van der Waals surface area contributed by atoms with Crippen LogP contribution in [0.25, 0.3) is 21.3 Å². The van der Waals surface area contributed by atoms with Gasteiger partial charge in [-0.1, -0.05) is 41.5 Å². The van der Waals surface area contributed by atoms with Gasteiger partial charge in [0.25, 0.3) is 5.56 Å². The summed E-state index contributed by atoms with van der Waals surface area (Å²) in [4.78, 5) is 35.6. The van der Waals surface area contributed by atoms with E-state index in [2.05, 4.69) is 52.5 Å². The van der Waals surface area contributed by atoms with Crippen LogP contribution in [0.15, 0.2) is 46.1 Å². The summed E-state index contributed by atoms with van der Waals surface area (Å²) in [5.74, 6) is 0.587. The number of nitrogens with one attached hydrogen (secondary N) is 2. The van der Waals surface area contributed by atoms with E-state index in [1.165, 1.54) is 48.2 Å². The van der Waals surface area contributed by atoms with E-state index in [1.54, 1.807) is 0 Å². The van der Waals surface area contributed by atoms with Gasteiger partial charge in [0.15, 0.2) is 0 Å². The number of carbonyl (C=O) groups is 1. The third kappa shape index (κ3) is 4.94. The maximum atomic E-state index is 12.9. The van der Waals surface area contributed by atoms with Crippen molar-refractivity contribution in [3.05, 3.63) is 57.2 Å². The molecule has 34 heavy (non-hydrogen) atoms. The van der Waals surface area contributed by atoms with Gasteiger partial charge in [-0.2, -0.15) is 0 Å². The van der Waals surface area contributed by atoms with Crippen LogP contribution in [0.4, 0.5) is 5.95 Å². The predicted octanol–water partition coefficient (Wildman–Crippen LogP) is 5.18. The molecule has 2 aromatic heterocycles. The number of anilines is 1. The fraction of sp³-hybridized carbons (Fsp3) is 0.444. The molecule has 1 saturated heterocycles. The Hall–Kier alpha value is -2.93. The van der Waals surface area contributed by atoms with Gasteiger partial charge in [0, 0.05) is 30.6 Å². The largest absolute Gasteiger partial charge is 0.355 e. The molecule has 1 aliphatic carbocycles. The minimum absolute atomic E-state index is 0.0888. The lowest BCUT2D eigenvalue weighted by atomic mass is 9.96. The number of allylic oxidation sites excluding steroid dienone is 1. The van der Waals surface area contributed by atoms with Gasteiger partial charge in [0.1, 0.15) is 4.70 Å². The first kappa shape index (κ1) is 22.8. The summed E-state index contributed by atoms with van der Waals surface area (Å²) in [6.45, 7) is 4.13. The zero-order valence-corrected chi connectivity index (χ0v) is 20.5. The fourth-order valence-corrected chi connectivity index (χ4v) is 5.92. The van der Waals surface area contributed by atoms with E-state index in [-0.39, 0.29) is 17.4 Å². The molecular weight excluding hydrogens is 444 g/mol. The summed E-state index contributed by atoms with van der Waals surface area (Å²) < 4.78 is 0.641. The second-order valence-corrected chi connectivity index (χ2v) is 10.4. The van der Waals surface area contributed by atoms with Crippen molar-refractivity contribution in [3.8, 4) is 11.1 Å². The Bertz CT molecular complexity index is 1260. The zero-order chi connectivity index (χ0) is 23.5. The lowest BCUT2D eigenvalue weighted by molar-refractivity contribution is -0.125. The number of fused-ring (bicyclic) bond motifs is 1. The molecule has 5 rings (SSSR count). The molecule has 0 radical (unpaired) electrons. The molecule has 0 saturated carbocycles. The van der Waals surface area contributed by atoms with E-state index in [4.69, 9.17) is 4.98 Å². The van der Waals surface area contributed by atoms with Crippen molar-refractivity contribution >= 4 is 33.4 Å². The molecule has 1 aromatic carbocycles. The number of carbonyl (C=O) groups excluding carboxylic acids is 1. The first-order valence-corrected chi connectivity index (χ1v) is 13.3. The number of aromatic amines is 1. The molecule has 3 heterocycles. The van der Waals surface area contributed by atoms with Gasteiger partial charge in [-0.05, 0) is 57.4 Å². The number of hydrogen-bond acceptors (Lipinski definition) is 5. The number of thiophene rings is 1. The average molecular weight is 477 g/mol. The van der Waals surface area contributed by atoms with Crippen LogP contribution < -0.4 is 15.8 Å². The van der Waals surface area contributed by atoms with Gasteiger partial charge in [-0.3, -0.25) is 14.6 Å². The molecule has 7 heteroatoms. The number of hydrogen-bond donors (Lipinski definition) is 2. The maximum Gasteiger partial charge on any atom is 0.270 e. The Kier molecular flexibility index (Phi) is 6.81. The number of H-pyrrole nitrogens is 1. The molecule has 2 N–H and O–H groups in total. The summed E-state index contributed by atoms with van der Waals surface area (Å²) >= 11 is 1.43. The van der Waals surface area contributed by atoms with E-state index in [0.717, 1.165) is 42.5 Å². The van der Waals surface area contributed by atoms with Crippen LogP contribution in [0, 0.1) is 12.8 Å². The second-order valence-electron chi connectivity index (χ2n) is 9.52. The zero-order valence-electron chi connectivity index (χ0n) is 19.7. The smallest absolute Gasteiger partial charge is 0.270 e. The van der Waals surface area contributed by atoms with Gasteiger partial charge in [-0.15, -0.1) is 11.3 Å². The highest BCUT2D eigenvalue weighted by Gasteiger charge is 2.27. The van der Waals surface area contributed by atoms with Crippen LogP contribution in [-0.2, 0) is 4.79 Å². The average Bonchev–Trinajstić information content (AvgIpc) is 3.30. The number of aromatic nitrogens is 2. The molecule has 1 fully saturated rings. The Labute approximate surface area is 204 Å². The highest BCUT2D eigenvalue weighted by Crippen LogP contribution is 2.32. The number of amides is 1. The molecule has 178 valence electrons. The van der Waals surface area contributed by atoms with Crippen molar-refractivity contribution in [2.75, 3.05) is 24.5 Å². The lowest BCUT2D eigenvalue weighted by Gasteiger charge is -2.32. The molecule has 3 aromatic rings. The van der Waals surface area contributed by atoms with Crippen molar-refractivity contribution < 1.29 is 4.79 Å². The minimum Gasteiger partial charge on any atom is -0.355 e. The number of piperidine rings is 1. The summed E-state index contributed by atoms with van der Waals surface area (Å²) in [6.07, 6.45) is 9.95. The molecule has 0 bridgehead atoms. The maximum absolute atomic E-state index is 12.9. The summed E-state index contributed by atoms with van der Waals surface area (Å²) in [7, 11) is 0. The van der Waals surface area contributed by atoms with E-state index in [0.29, 0.717) is 23.7 Å². The predicted molar refractivity (Wildman–Crippen MR) is 140 cm³/mol. The van der Waals surface area contributed by atoms with Crippen LogP contribution >= 0.6 is 11.3 Å².